The molecule has 7 nitrogen and oxygen atoms in total. The van der Waals surface area contributed by atoms with E-state index >= 15 is 0 Å². The standard InChI is InChI=1S/C16H15N3O4/c1-11-5-7-13(8-6-11)18-15(20)10-17-16(21)12-3-2-4-14(9-12)19(22)23/h2-9H,10H2,1H3,(H,17,21)(H,18,20). The molecular weight excluding hydrogens is 298 g/mol. The van der Waals surface area contributed by atoms with Crippen molar-refractivity contribution < 1.29 is 14.5 Å². The molecule has 0 atom stereocenters. The number of aryl methyl sites for hydroxylation is 1. The van der Waals surface area contributed by atoms with E-state index in [1.54, 1.807) is 12.1 Å². The first-order valence-electron chi connectivity index (χ1n) is 6.85. The molecule has 0 aliphatic heterocycles. The van der Waals surface area contributed by atoms with Gasteiger partial charge in [-0.15, -0.1) is 0 Å². The summed E-state index contributed by atoms with van der Waals surface area (Å²) in [5.41, 5.74) is 1.65. The van der Waals surface area contributed by atoms with Gasteiger partial charge in [0.15, 0.2) is 0 Å². The maximum absolute atomic E-state index is 11.9. The van der Waals surface area contributed by atoms with E-state index < -0.39 is 10.8 Å². The number of nitro groups is 1. The number of hydrogen-bond acceptors (Lipinski definition) is 4. The highest BCUT2D eigenvalue weighted by molar-refractivity contribution is 5.99. The molecule has 2 amide bonds. The molecule has 0 aliphatic rings. The summed E-state index contributed by atoms with van der Waals surface area (Å²) in [5.74, 6) is -0.930. The van der Waals surface area contributed by atoms with E-state index in [1.165, 1.54) is 18.2 Å². The fourth-order valence-electron chi connectivity index (χ4n) is 1.87. The number of amides is 2. The van der Waals surface area contributed by atoms with E-state index in [-0.39, 0.29) is 23.7 Å². The van der Waals surface area contributed by atoms with Gasteiger partial charge in [-0.1, -0.05) is 23.8 Å². The summed E-state index contributed by atoms with van der Waals surface area (Å²) in [5, 5.41) is 15.7. The number of nitrogens with zero attached hydrogens (tertiary/aromatic N) is 1. The van der Waals surface area contributed by atoms with Crippen LogP contribution in [0.4, 0.5) is 11.4 Å². The number of hydrogen-bond donors (Lipinski definition) is 2. The first-order chi connectivity index (χ1) is 11.0. The van der Waals surface area contributed by atoms with Crippen molar-refractivity contribution >= 4 is 23.2 Å². The molecule has 2 rings (SSSR count). The summed E-state index contributed by atoms with van der Waals surface area (Å²) in [4.78, 5) is 33.8. The van der Waals surface area contributed by atoms with Crippen molar-refractivity contribution in [2.24, 2.45) is 0 Å². The fraction of sp³-hybridized carbons (Fsp3) is 0.125. The second-order valence-corrected chi connectivity index (χ2v) is 4.90. The van der Waals surface area contributed by atoms with Gasteiger partial charge in [-0.3, -0.25) is 19.7 Å². The monoisotopic (exact) mass is 313 g/mol. The minimum Gasteiger partial charge on any atom is -0.343 e. The van der Waals surface area contributed by atoms with Crippen molar-refractivity contribution in [1.29, 1.82) is 0 Å². The summed E-state index contributed by atoms with van der Waals surface area (Å²) in [6, 6.07) is 12.5. The Morgan fingerprint density at radius 1 is 1.13 bits per heavy atom. The maximum atomic E-state index is 11.9. The Bertz CT molecular complexity index is 741. The van der Waals surface area contributed by atoms with Gasteiger partial charge in [0.05, 0.1) is 11.5 Å². The molecule has 0 saturated heterocycles. The summed E-state index contributed by atoms with van der Waals surface area (Å²) in [6.45, 7) is 1.71. The molecule has 2 aromatic carbocycles. The van der Waals surface area contributed by atoms with Crippen LogP contribution in [0.3, 0.4) is 0 Å². The minimum absolute atomic E-state index is 0.127. The highest BCUT2D eigenvalue weighted by Crippen LogP contribution is 2.13. The van der Waals surface area contributed by atoms with Crippen LogP contribution < -0.4 is 10.6 Å². The number of nitro benzene ring substituents is 1. The molecular formula is C16H15N3O4. The number of non-ortho nitro benzene ring substituents is 1. The third-order valence-electron chi connectivity index (χ3n) is 3.06. The molecule has 0 saturated carbocycles. The average molecular weight is 313 g/mol. The van der Waals surface area contributed by atoms with Crippen LogP contribution in [-0.2, 0) is 4.79 Å². The number of rotatable bonds is 5. The van der Waals surface area contributed by atoms with E-state index in [4.69, 9.17) is 0 Å². The molecule has 2 aromatic rings. The molecule has 0 spiro atoms. The van der Waals surface area contributed by atoms with E-state index in [1.807, 2.05) is 19.1 Å². The molecule has 23 heavy (non-hydrogen) atoms. The lowest BCUT2D eigenvalue weighted by Gasteiger charge is -2.07. The smallest absolute Gasteiger partial charge is 0.270 e. The van der Waals surface area contributed by atoms with E-state index in [9.17, 15) is 19.7 Å². The van der Waals surface area contributed by atoms with Crippen LogP contribution in [0.2, 0.25) is 0 Å². The second-order valence-electron chi connectivity index (χ2n) is 4.90. The number of carbonyl (C=O) groups is 2. The lowest BCUT2D eigenvalue weighted by Crippen LogP contribution is -2.32. The Kier molecular flexibility index (Phi) is 5.03. The molecule has 0 aromatic heterocycles. The van der Waals surface area contributed by atoms with E-state index in [0.717, 1.165) is 11.6 Å². The SMILES string of the molecule is Cc1ccc(NC(=O)CNC(=O)c2cccc([N+](=O)[O-])c2)cc1. The van der Waals surface area contributed by atoms with Crippen LogP contribution in [-0.4, -0.2) is 23.3 Å². The van der Waals surface area contributed by atoms with Crippen molar-refractivity contribution in [2.75, 3.05) is 11.9 Å². The Hall–Kier alpha value is -3.22. The van der Waals surface area contributed by atoms with Gasteiger partial charge in [-0.2, -0.15) is 0 Å². The second kappa shape index (κ2) is 7.17. The van der Waals surface area contributed by atoms with Gasteiger partial charge in [-0.25, -0.2) is 0 Å². The van der Waals surface area contributed by atoms with Crippen LogP contribution in [0, 0.1) is 17.0 Å². The van der Waals surface area contributed by atoms with Crippen molar-refractivity contribution in [3.8, 4) is 0 Å². The van der Waals surface area contributed by atoms with Crippen molar-refractivity contribution in [2.45, 2.75) is 6.92 Å². The molecule has 0 unspecified atom stereocenters. The molecule has 0 heterocycles. The third kappa shape index (κ3) is 4.63. The van der Waals surface area contributed by atoms with Gasteiger partial charge in [0.25, 0.3) is 11.6 Å². The van der Waals surface area contributed by atoms with Gasteiger partial charge < -0.3 is 10.6 Å². The molecule has 7 heteroatoms. The van der Waals surface area contributed by atoms with Crippen LogP contribution >= 0.6 is 0 Å². The van der Waals surface area contributed by atoms with Crippen LogP contribution in [0.25, 0.3) is 0 Å². The lowest BCUT2D eigenvalue weighted by molar-refractivity contribution is -0.384. The quantitative estimate of drug-likeness (QED) is 0.653. The summed E-state index contributed by atoms with van der Waals surface area (Å²) < 4.78 is 0. The van der Waals surface area contributed by atoms with E-state index in [0.29, 0.717) is 5.69 Å². The first-order valence-corrected chi connectivity index (χ1v) is 6.85. The van der Waals surface area contributed by atoms with Crippen LogP contribution in [0.1, 0.15) is 15.9 Å². The Morgan fingerprint density at radius 2 is 1.83 bits per heavy atom. The Balaban J connectivity index is 1.91. The zero-order valence-electron chi connectivity index (χ0n) is 12.4. The first kappa shape index (κ1) is 16.2. The third-order valence-corrected chi connectivity index (χ3v) is 3.06. The maximum Gasteiger partial charge on any atom is 0.270 e. The zero-order valence-corrected chi connectivity index (χ0v) is 12.4. The summed E-state index contributed by atoms with van der Waals surface area (Å²) >= 11 is 0. The molecule has 118 valence electrons. The van der Waals surface area contributed by atoms with Gasteiger partial charge in [-0.05, 0) is 25.1 Å². The van der Waals surface area contributed by atoms with Gasteiger partial charge in [0.2, 0.25) is 5.91 Å². The number of anilines is 1. The van der Waals surface area contributed by atoms with Crippen molar-refractivity contribution in [3.05, 3.63) is 69.8 Å². The van der Waals surface area contributed by atoms with Crippen LogP contribution in [0.15, 0.2) is 48.5 Å². The predicted molar refractivity (Wildman–Crippen MR) is 85.2 cm³/mol. The highest BCUT2D eigenvalue weighted by Gasteiger charge is 2.12. The predicted octanol–water partition coefficient (Wildman–Crippen LogP) is 2.27. The number of carbonyl (C=O) groups excluding carboxylic acids is 2. The average Bonchev–Trinajstić information content (AvgIpc) is 2.55. The normalized spacial score (nSPS) is 9.96. The fourth-order valence-corrected chi connectivity index (χ4v) is 1.87. The number of nitrogens with one attached hydrogen (secondary N) is 2. The molecule has 0 aliphatic carbocycles. The summed E-state index contributed by atoms with van der Waals surface area (Å²) in [7, 11) is 0. The molecule has 0 fully saturated rings. The Morgan fingerprint density at radius 3 is 2.48 bits per heavy atom. The van der Waals surface area contributed by atoms with Gasteiger partial charge in [0.1, 0.15) is 0 Å². The minimum atomic E-state index is -0.582. The molecule has 0 bridgehead atoms. The van der Waals surface area contributed by atoms with Gasteiger partial charge in [0, 0.05) is 23.4 Å². The van der Waals surface area contributed by atoms with Gasteiger partial charge >= 0.3 is 0 Å². The molecule has 2 N–H and O–H groups in total. The van der Waals surface area contributed by atoms with Crippen LogP contribution in [0.5, 0.6) is 0 Å². The number of benzene rings is 2. The summed E-state index contributed by atoms with van der Waals surface area (Å²) in [6.07, 6.45) is 0. The molecule has 0 radical (unpaired) electrons. The lowest BCUT2D eigenvalue weighted by atomic mass is 10.2. The highest BCUT2D eigenvalue weighted by atomic mass is 16.6. The topological polar surface area (TPSA) is 101 Å². The largest absolute Gasteiger partial charge is 0.343 e. The van der Waals surface area contributed by atoms with E-state index in [2.05, 4.69) is 10.6 Å². The van der Waals surface area contributed by atoms with Crippen molar-refractivity contribution in [3.63, 3.8) is 0 Å². The Labute approximate surface area is 132 Å². The zero-order chi connectivity index (χ0) is 16.8. The van der Waals surface area contributed by atoms with Crippen molar-refractivity contribution in [1.82, 2.24) is 5.32 Å².